The van der Waals surface area contributed by atoms with E-state index in [9.17, 15) is 0 Å². The Morgan fingerprint density at radius 1 is 1.05 bits per heavy atom. The fourth-order valence-electron chi connectivity index (χ4n) is 2.42. The van der Waals surface area contributed by atoms with Gasteiger partial charge in [-0.2, -0.15) is 0 Å². The molecule has 0 amide bonds. The largest absolute Gasteiger partial charge is 0.281 e. The SMILES string of the molecule is CC.Clc1ccc(C2CCC(c3ccccc3Br)=N2)cc1. The zero-order valence-corrected chi connectivity index (χ0v) is 14.7. The minimum atomic E-state index is 0.263. The number of hydrogen-bond donors (Lipinski definition) is 0. The van der Waals surface area contributed by atoms with Crippen LogP contribution in [0, 0.1) is 0 Å². The number of rotatable bonds is 2. The molecule has 0 saturated heterocycles. The van der Waals surface area contributed by atoms with Crippen molar-refractivity contribution < 1.29 is 0 Å². The van der Waals surface area contributed by atoms with Crippen molar-refractivity contribution in [2.24, 2.45) is 4.99 Å². The lowest BCUT2D eigenvalue weighted by atomic mass is 10.0. The third-order valence-corrected chi connectivity index (χ3v) is 4.35. The van der Waals surface area contributed by atoms with Crippen LogP contribution in [0.25, 0.3) is 0 Å². The average molecular weight is 365 g/mol. The molecule has 3 rings (SSSR count). The molecule has 0 saturated carbocycles. The van der Waals surface area contributed by atoms with Gasteiger partial charge < -0.3 is 0 Å². The van der Waals surface area contributed by atoms with Crippen LogP contribution in [0.5, 0.6) is 0 Å². The molecule has 1 aliphatic rings. The maximum Gasteiger partial charge on any atom is 0.0756 e. The molecule has 1 atom stereocenters. The summed E-state index contributed by atoms with van der Waals surface area (Å²) in [6, 6.07) is 16.5. The highest BCUT2D eigenvalue weighted by molar-refractivity contribution is 9.10. The van der Waals surface area contributed by atoms with Crippen molar-refractivity contribution in [3.05, 3.63) is 69.2 Å². The van der Waals surface area contributed by atoms with Gasteiger partial charge in [0.1, 0.15) is 0 Å². The summed E-state index contributed by atoms with van der Waals surface area (Å²) in [7, 11) is 0. The van der Waals surface area contributed by atoms with Crippen molar-refractivity contribution in [1.82, 2.24) is 0 Å². The molecule has 2 aromatic rings. The Kier molecular flexibility index (Phi) is 6.01. The summed E-state index contributed by atoms with van der Waals surface area (Å²) in [5.74, 6) is 0. The molecule has 0 fully saturated rings. The van der Waals surface area contributed by atoms with Crippen LogP contribution < -0.4 is 0 Å². The number of halogens is 2. The maximum atomic E-state index is 5.92. The first-order valence-electron chi connectivity index (χ1n) is 7.31. The van der Waals surface area contributed by atoms with Crippen molar-refractivity contribution in [3.8, 4) is 0 Å². The first kappa shape index (κ1) is 16.3. The summed E-state index contributed by atoms with van der Waals surface area (Å²) in [5, 5.41) is 0.775. The van der Waals surface area contributed by atoms with Crippen molar-refractivity contribution in [2.75, 3.05) is 0 Å². The van der Waals surface area contributed by atoms with E-state index in [1.54, 1.807) is 0 Å². The van der Waals surface area contributed by atoms with E-state index in [-0.39, 0.29) is 6.04 Å². The summed E-state index contributed by atoms with van der Waals surface area (Å²) < 4.78 is 1.12. The summed E-state index contributed by atoms with van der Waals surface area (Å²) in [5.41, 5.74) is 3.64. The molecule has 3 heteroatoms. The molecule has 0 aromatic heterocycles. The molecule has 0 N–H and O–H groups in total. The van der Waals surface area contributed by atoms with Gasteiger partial charge >= 0.3 is 0 Å². The van der Waals surface area contributed by atoms with Crippen molar-refractivity contribution in [3.63, 3.8) is 0 Å². The third kappa shape index (κ3) is 3.96. The van der Waals surface area contributed by atoms with E-state index in [4.69, 9.17) is 16.6 Å². The van der Waals surface area contributed by atoms with E-state index < -0.39 is 0 Å². The summed E-state index contributed by atoms with van der Waals surface area (Å²) >= 11 is 9.52. The Hall–Kier alpha value is -1.12. The first-order chi connectivity index (χ1) is 10.2. The fourth-order valence-corrected chi connectivity index (χ4v) is 3.06. The minimum Gasteiger partial charge on any atom is -0.281 e. The van der Waals surface area contributed by atoms with Gasteiger partial charge in [0.15, 0.2) is 0 Å². The van der Waals surface area contributed by atoms with Crippen LogP contribution >= 0.6 is 27.5 Å². The van der Waals surface area contributed by atoms with Crippen molar-refractivity contribution >= 4 is 33.2 Å². The molecule has 1 nitrogen and oxygen atoms in total. The van der Waals surface area contributed by atoms with Crippen molar-refractivity contribution in [1.29, 1.82) is 0 Å². The van der Waals surface area contributed by atoms with Crippen LogP contribution in [-0.4, -0.2) is 5.71 Å². The van der Waals surface area contributed by atoms with Crippen LogP contribution in [0.2, 0.25) is 5.02 Å². The molecule has 110 valence electrons. The lowest BCUT2D eigenvalue weighted by Crippen LogP contribution is -1.96. The second-order valence-electron chi connectivity index (χ2n) is 4.66. The van der Waals surface area contributed by atoms with Crippen molar-refractivity contribution in [2.45, 2.75) is 32.7 Å². The topological polar surface area (TPSA) is 12.4 Å². The number of aliphatic imine (C=N–C) groups is 1. The van der Waals surface area contributed by atoms with Gasteiger partial charge in [-0.05, 0) is 36.6 Å². The second-order valence-corrected chi connectivity index (χ2v) is 5.95. The lowest BCUT2D eigenvalue weighted by molar-refractivity contribution is 0.723. The number of nitrogens with zero attached hydrogens (tertiary/aromatic N) is 1. The van der Waals surface area contributed by atoms with E-state index in [1.165, 1.54) is 16.8 Å². The van der Waals surface area contributed by atoms with E-state index in [2.05, 4.69) is 46.3 Å². The van der Waals surface area contributed by atoms with Gasteiger partial charge in [0.2, 0.25) is 0 Å². The quantitative estimate of drug-likeness (QED) is 0.580. The zero-order valence-electron chi connectivity index (χ0n) is 12.3. The highest BCUT2D eigenvalue weighted by Gasteiger charge is 2.21. The van der Waals surface area contributed by atoms with Crippen LogP contribution in [-0.2, 0) is 0 Å². The normalized spacial score (nSPS) is 17.0. The van der Waals surface area contributed by atoms with E-state index in [1.807, 2.05) is 32.0 Å². The van der Waals surface area contributed by atoms with Gasteiger partial charge in [0, 0.05) is 20.8 Å². The Labute approximate surface area is 140 Å². The van der Waals surface area contributed by atoms with Crippen LogP contribution in [0.3, 0.4) is 0 Å². The molecule has 1 heterocycles. The van der Waals surface area contributed by atoms with Crippen LogP contribution in [0.4, 0.5) is 0 Å². The van der Waals surface area contributed by atoms with Gasteiger partial charge in [0.05, 0.1) is 6.04 Å². The van der Waals surface area contributed by atoms with E-state index in [0.717, 1.165) is 22.3 Å². The monoisotopic (exact) mass is 363 g/mol. The molecule has 21 heavy (non-hydrogen) atoms. The van der Waals surface area contributed by atoms with Gasteiger partial charge in [-0.1, -0.05) is 71.7 Å². The van der Waals surface area contributed by atoms with Gasteiger partial charge in [0.25, 0.3) is 0 Å². The standard InChI is InChI=1S/C16H13BrClN.C2H6/c17-14-4-2-1-3-13(14)16-10-9-15(19-16)11-5-7-12(18)8-6-11;1-2/h1-8,15H,9-10H2;1-2H3. The minimum absolute atomic E-state index is 0.263. The van der Waals surface area contributed by atoms with E-state index >= 15 is 0 Å². The Balaban J connectivity index is 0.000000774. The second kappa shape index (κ2) is 7.77. The number of benzene rings is 2. The molecular weight excluding hydrogens is 346 g/mol. The summed E-state index contributed by atoms with van der Waals surface area (Å²) in [6.07, 6.45) is 2.09. The van der Waals surface area contributed by atoms with Crippen LogP contribution in [0.1, 0.15) is 43.9 Å². The number of hydrogen-bond acceptors (Lipinski definition) is 1. The molecule has 0 bridgehead atoms. The third-order valence-electron chi connectivity index (χ3n) is 3.41. The molecule has 1 aliphatic heterocycles. The smallest absolute Gasteiger partial charge is 0.0756 e. The Morgan fingerprint density at radius 3 is 2.38 bits per heavy atom. The predicted octanol–water partition coefficient (Wildman–Crippen LogP) is 6.45. The predicted molar refractivity (Wildman–Crippen MR) is 95.5 cm³/mol. The highest BCUT2D eigenvalue weighted by atomic mass is 79.9. The molecule has 0 radical (unpaired) electrons. The van der Waals surface area contributed by atoms with Gasteiger partial charge in [-0.3, -0.25) is 4.99 Å². The summed E-state index contributed by atoms with van der Waals surface area (Å²) in [6.45, 7) is 4.00. The molecular formula is C18H19BrClN. The maximum absolute atomic E-state index is 5.92. The molecule has 2 aromatic carbocycles. The molecule has 1 unspecified atom stereocenters. The van der Waals surface area contributed by atoms with Gasteiger partial charge in [-0.25, -0.2) is 0 Å². The Bertz CT molecular complexity index is 619. The highest BCUT2D eigenvalue weighted by Crippen LogP contribution is 2.33. The average Bonchev–Trinajstić information content (AvgIpc) is 3.00. The summed E-state index contributed by atoms with van der Waals surface area (Å²) in [4.78, 5) is 4.86. The molecule has 0 spiro atoms. The zero-order chi connectivity index (χ0) is 15.2. The van der Waals surface area contributed by atoms with Gasteiger partial charge in [-0.15, -0.1) is 0 Å². The molecule has 0 aliphatic carbocycles. The Morgan fingerprint density at radius 2 is 1.71 bits per heavy atom. The van der Waals surface area contributed by atoms with Crippen LogP contribution in [0.15, 0.2) is 58.0 Å². The fraction of sp³-hybridized carbons (Fsp3) is 0.278. The van der Waals surface area contributed by atoms with E-state index in [0.29, 0.717) is 0 Å². The lowest BCUT2D eigenvalue weighted by Gasteiger charge is -2.06. The first-order valence-corrected chi connectivity index (χ1v) is 8.48.